The monoisotopic (exact) mass is 329 g/mol. The second kappa shape index (κ2) is 5.63. The first-order valence-corrected chi connectivity index (χ1v) is 8.40. The van der Waals surface area contributed by atoms with Gasteiger partial charge in [-0.05, 0) is 32.9 Å². The molecule has 0 aliphatic rings. The number of aromatic carboxylic acids is 1. The van der Waals surface area contributed by atoms with Crippen molar-refractivity contribution in [2.24, 2.45) is 0 Å². The molecule has 8 heteroatoms. The smallest absolute Gasteiger partial charge is 0.340 e. The molecule has 0 atom stereocenters. The van der Waals surface area contributed by atoms with Crippen LogP contribution in [-0.2, 0) is 16.6 Å². The van der Waals surface area contributed by atoms with E-state index in [-0.39, 0.29) is 28.5 Å². The number of thiophene rings is 1. The van der Waals surface area contributed by atoms with Gasteiger partial charge in [-0.25, -0.2) is 17.9 Å². The average molecular weight is 329 g/mol. The molecule has 0 bridgehead atoms. The summed E-state index contributed by atoms with van der Waals surface area (Å²) in [5.74, 6) is -1.18. The summed E-state index contributed by atoms with van der Waals surface area (Å²) in [6.07, 6.45) is 0. The number of carbonyl (C=O) groups is 1. The van der Waals surface area contributed by atoms with Gasteiger partial charge in [0, 0.05) is 16.3 Å². The summed E-state index contributed by atoms with van der Waals surface area (Å²) in [6.45, 7) is 4.90. The Morgan fingerprint density at radius 1 is 1.29 bits per heavy atom. The third-order valence-electron chi connectivity index (χ3n) is 2.92. The van der Waals surface area contributed by atoms with Gasteiger partial charge < -0.3 is 9.52 Å². The van der Waals surface area contributed by atoms with E-state index in [1.54, 1.807) is 0 Å². The number of hydrogen-bond donors (Lipinski definition) is 2. The molecule has 0 fully saturated rings. The molecule has 0 saturated heterocycles. The van der Waals surface area contributed by atoms with Crippen molar-refractivity contribution in [2.45, 2.75) is 32.2 Å². The number of furan rings is 1. The minimum absolute atomic E-state index is 0.0692. The molecule has 2 aromatic rings. The van der Waals surface area contributed by atoms with Crippen molar-refractivity contribution in [3.8, 4) is 0 Å². The molecule has 114 valence electrons. The summed E-state index contributed by atoms with van der Waals surface area (Å²) in [4.78, 5) is 12.9. The van der Waals surface area contributed by atoms with Crippen LogP contribution >= 0.6 is 11.3 Å². The van der Waals surface area contributed by atoms with E-state index in [0.717, 1.165) is 9.75 Å². The first-order chi connectivity index (χ1) is 9.72. The van der Waals surface area contributed by atoms with Crippen LogP contribution in [0.1, 0.15) is 31.6 Å². The summed E-state index contributed by atoms with van der Waals surface area (Å²) >= 11 is 1.48. The van der Waals surface area contributed by atoms with Crippen LogP contribution in [0.15, 0.2) is 21.4 Å². The van der Waals surface area contributed by atoms with Gasteiger partial charge in [-0.15, -0.1) is 11.3 Å². The molecule has 2 N–H and O–H groups in total. The number of nitrogens with one attached hydrogen (secondary N) is 1. The molecule has 2 heterocycles. The van der Waals surface area contributed by atoms with Crippen LogP contribution < -0.4 is 4.72 Å². The van der Waals surface area contributed by atoms with E-state index in [1.165, 1.54) is 25.2 Å². The number of rotatable bonds is 5. The molecule has 0 radical (unpaired) electrons. The Hall–Kier alpha value is -1.64. The lowest BCUT2D eigenvalue weighted by Gasteiger charge is -2.05. The van der Waals surface area contributed by atoms with E-state index in [4.69, 9.17) is 9.52 Å². The zero-order valence-electron chi connectivity index (χ0n) is 11.8. The highest BCUT2D eigenvalue weighted by molar-refractivity contribution is 7.89. The second-order valence-corrected chi connectivity index (χ2v) is 7.64. The molecule has 0 saturated carbocycles. The molecule has 2 aromatic heterocycles. The standard InChI is InChI=1S/C13H15NO5S2/c1-7-4-5-10(20-7)6-14-21(17,18)12-9(3)19-8(2)11(12)13(15)16/h4-5,14H,6H2,1-3H3,(H,15,16). The first kappa shape index (κ1) is 15.7. The van der Waals surface area contributed by atoms with Gasteiger partial charge in [0.05, 0.1) is 0 Å². The molecule has 0 aliphatic heterocycles. The normalized spacial score (nSPS) is 11.8. The van der Waals surface area contributed by atoms with Crippen molar-refractivity contribution < 1.29 is 22.7 Å². The minimum Gasteiger partial charge on any atom is -0.478 e. The predicted molar refractivity (Wildman–Crippen MR) is 78.2 cm³/mol. The fourth-order valence-electron chi connectivity index (χ4n) is 2.05. The molecular formula is C13H15NO5S2. The van der Waals surface area contributed by atoms with Crippen LogP contribution in [0, 0.1) is 20.8 Å². The van der Waals surface area contributed by atoms with Gasteiger partial charge in [0.2, 0.25) is 10.0 Å². The number of carboxylic acid groups (broad SMARTS) is 1. The highest BCUT2D eigenvalue weighted by Crippen LogP contribution is 2.27. The van der Waals surface area contributed by atoms with E-state index in [2.05, 4.69) is 4.72 Å². The Bertz CT molecular complexity index is 786. The molecule has 0 amide bonds. The summed E-state index contributed by atoms with van der Waals surface area (Å²) < 4.78 is 32.2. The van der Waals surface area contributed by atoms with Crippen molar-refractivity contribution in [1.29, 1.82) is 0 Å². The molecule has 0 unspecified atom stereocenters. The lowest BCUT2D eigenvalue weighted by Crippen LogP contribution is -2.25. The fourth-order valence-corrected chi connectivity index (χ4v) is 4.38. The predicted octanol–water partition coefficient (Wildman–Crippen LogP) is 2.44. The zero-order valence-corrected chi connectivity index (χ0v) is 13.4. The summed E-state index contributed by atoms with van der Waals surface area (Å²) in [5, 5.41) is 9.16. The van der Waals surface area contributed by atoms with Crippen LogP contribution in [0.25, 0.3) is 0 Å². The van der Waals surface area contributed by atoms with Gasteiger partial charge in [-0.3, -0.25) is 0 Å². The van der Waals surface area contributed by atoms with Crippen molar-refractivity contribution in [2.75, 3.05) is 0 Å². The number of sulfonamides is 1. The maximum Gasteiger partial charge on any atom is 0.340 e. The Kier molecular flexibility index (Phi) is 4.22. The van der Waals surface area contributed by atoms with Crippen LogP contribution in [0.2, 0.25) is 0 Å². The lowest BCUT2D eigenvalue weighted by atomic mass is 10.2. The number of carboxylic acids is 1. The zero-order chi connectivity index (χ0) is 15.8. The lowest BCUT2D eigenvalue weighted by molar-refractivity contribution is 0.0691. The number of hydrogen-bond acceptors (Lipinski definition) is 5. The van der Waals surface area contributed by atoms with Crippen LogP contribution in [0.5, 0.6) is 0 Å². The van der Waals surface area contributed by atoms with Crippen molar-refractivity contribution in [1.82, 2.24) is 4.72 Å². The number of aryl methyl sites for hydroxylation is 3. The largest absolute Gasteiger partial charge is 0.478 e. The highest BCUT2D eigenvalue weighted by Gasteiger charge is 2.30. The van der Waals surface area contributed by atoms with Gasteiger partial charge in [0.25, 0.3) is 0 Å². The summed E-state index contributed by atoms with van der Waals surface area (Å²) in [7, 11) is -3.95. The maximum atomic E-state index is 12.3. The van der Waals surface area contributed by atoms with E-state index in [9.17, 15) is 13.2 Å². The molecule has 6 nitrogen and oxygen atoms in total. The van der Waals surface area contributed by atoms with Crippen molar-refractivity contribution in [3.05, 3.63) is 39.0 Å². The fraction of sp³-hybridized carbons (Fsp3) is 0.308. The van der Waals surface area contributed by atoms with E-state index < -0.39 is 16.0 Å². The van der Waals surface area contributed by atoms with E-state index in [1.807, 2.05) is 19.1 Å². The van der Waals surface area contributed by atoms with Gasteiger partial charge in [-0.2, -0.15) is 0 Å². The molecule has 0 aromatic carbocycles. The average Bonchev–Trinajstić information content (AvgIpc) is 2.90. The Morgan fingerprint density at radius 3 is 2.48 bits per heavy atom. The van der Waals surface area contributed by atoms with Gasteiger partial charge in [0.1, 0.15) is 22.0 Å². The quantitative estimate of drug-likeness (QED) is 0.878. The van der Waals surface area contributed by atoms with Crippen LogP contribution in [0.3, 0.4) is 0 Å². The summed E-state index contributed by atoms with van der Waals surface area (Å²) in [5.41, 5.74) is -0.317. The Labute approximate surface area is 126 Å². The van der Waals surface area contributed by atoms with Gasteiger partial charge in [-0.1, -0.05) is 0 Å². The van der Waals surface area contributed by atoms with Crippen molar-refractivity contribution >= 4 is 27.3 Å². The molecule has 21 heavy (non-hydrogen) atoms. The van der Waals surface area contributed by atoms with E-state index in [0.29, 0.717) is 0 Å². The van der Waals surface area contributed by atoms with Crippen LogP contribution in [0.4, 0.5) is 0 Å². The van der Waals surface area contributed by atoms with Gasteiger partial charge in [0.15, 0.2) is 0 Å². The topological polar surface area (TPSA) is 96.6 Å². The molecular weight excluding hydrogens is 314 g/mol. The van der Waals surface area contributed by atoms with E-state index >= 15 is 0 Å². The molecule has 2 rings (SSSR count). The van der Waals surface area contributed by atoms with Gasteiger partial charge >= 0.3 is 5.97 Å². The summed E-state index contributed by atoms with van der Waals surface area (Å²) in [6, 6.07) is 3.72. The third kappa shape index (κ3) is 3.17. The molecule has 0 aliphatic carbocycles. The Morgan fingerprint density at radius 2 is 1.95 bits per heavy atom. The van der Waals surface area contributed by atoms with Crippen LogP contribution in [-0.4, -0.2) is 19.5 Å². The SMILES string of the molecule is Cc1ccc(CNS(=O)(=O)c2c(C)oc(C)c2C(=O)O)s1. The Balaban J connectivity index is 2.34. The highest BCUT2D eigenvalue weighted by atomic mass is 32.2. The maximum absolute atomic E-state index is 12.3. The first-order valence-electron chi connectivity index (χ1n) is 6.10. The minimum atomic E-state index is -3.95. The molecule has 0 spiro atoms. The second-order valence-electron chi connectivity index (χ2n) is 4.56. The van der Waals surface area contributed by atoms with Crippen molar-refractivity contribution in [3.63, 3.8) is 0 Å². The third-order valence-corrected chi connectivity index (χ3v) is 5.47.